The van der Waals surface area contributed by atoms with Crippen LogP contribution < -0.4 is 0 Å². The lowest BCUT2D eigenvalue weighted by Crippen LogP contribution is -1.98. The van der Waals surface area contributed by atoms with Crippen molar-refractivity contribution in [2.45, 2.75) is 6.92 Å². The first kappa shape index (κ1) is 13.1. The molecule has 96 valence electrons. The number of nitrogens with zero attached hydrogens (tertiary/aromatic N) is 1. The topological polar surface area (TPSA) is 20.7 Å². The molecule has 0 saturated carbocycles. The van der Waals surface area contributed by atoms with Crippen molar-refractivity contribution in [2.24, 2.45) is 0 Å². The molecule has 0 amide bonds. The average Bonchev–Trinajstić information content (AvgIpc) is 2.67. The SMILES string of the molecule is Cc1cccc2[nH]c(=S)n(-c3c(Br)cccc3Br)c12. The van der Waals surface area contributed by atoms with E-state index in [1.165, 1.54) is 5.56 Å². The number of hydrogen-bond acceptors (Lipinski definition) is 1. The fraction of sp³-hybridized carbons (Fsp3) is 0.0714. The molecule has 0 atom stereocenters. The minimum absolute atomic E-state index is 0.692. The summed E-state index contributed by atoms with van der Waals surface area (Å²) in [6.45, 7) is 2.09. The number of aryl methyl sites for hydroxylation is 1. The van der Waals surface area contributed by atoms with Gasteiger partial charge in [0.2, 0.25) is 0 Å². The number of halogens is 2. The number of rotatable bonds is 1. The summed E-state index contributed by atoms with van der Waals surface area (Å²) in [5, 5.41) is 0. The number of benzene rings is 2. The largest absolute Gasteiger partial charge is 0.330 e. The van der Waals surface area contributed by atoms with Gasteiger partial charge >= 0.3 is 0 Å². The summed E-state index contributed by atoms with van der Waals surface area (Å²) < 4.78 is 4.76. The van der Waals surface area contributed by atoms with Crippen LogP contribution in [0.4, 0.5) is 0 Å². The third-order valence-corrected chi connectivity index (χ3v) is 4.63. The van der Waals surface area contributed by atoms with Crippen LogP contribution in [0.25, 0.3) is 16.7 Å². The Labute approximate surface area is 132 Å². The van der Waals surface area contributed by atoms with Gasteiger partial charge in [-0.3, -0.25) is 4.57 Å². The third-order valence-electron chi connectivity index (χ3n) is 3.07. The van der Waals surface area contributed by atoms with Gasteiger partial charge in [-0.2, -0.15) is 0 Å². The second kappa shape index (κ2) is 4.89. The molecule has 2 nitrogen and oxygen atoms in total. The first-order valence-corrected chi connectivity index (χ1v) is 7.74. The zero-order valence-electron chi connectivity index (χ0n) is 10.1. The zero-order valence-corrected chi connectivity index (χ0v) is 14.1. The first-order valence-electron chi connectivity index (χ1n) is 5.74. The van der Waals surface area contributed by atoms with E-state index in [-0.39, 0.29) is 0 Å². The molecule has 3 aromatic rings. The van der Waals surface area contributed by atoms with Crippen molar-refractivity contribution in [2.75, 3.05) is 0 Å². The Morgan fingerprint density at radius 3 is 2.37 bits per heavy atom. The summed E-state index contributed by atoms with van der Waals surface area (Å²) in [4.78, 5) is 3.26. The predicted molar refractivity (Wildman–Crippen MR) is 88.6 cm³/mol. The van der Waals surface area contributed by atoms with E-state index < -0.39 is 0 Å². The van der Waals surface area contributed by atoms with E-state index in [0.717, 1.165) is 25.7 Å². The Hall–Kier alpha value is -0.910. The maximum absolute atomic E-state index is 5.48. The Balaban J connectivity index is 2.50. The van der Waals surface area contributed by atoms with Crippen molar-refractivity contribution in [3.05, 3.63) is 55.7 Å². The van der Waals surface area contributed by atoms with Crippen molar-refractivity contribution in [1.29, 1.82) is 0 Å². The molecule has 0 radical (unpaired) electrons. The van der Waals surface area contributed by atoms with E-state index in [2.05, 4.69) is 54.4 Å². The zero-order chi connectivity index (χ0) is 13.6. The molecule has 1 heterocycles. The fourth-order valence-electron chi connectivity index (χ4n) is 2.25. The lowest BCUT2D eigenvalue weighted by molar-refractivity contribution is 1.04. The number of para-hydroxylation sites is 2. The molecule has 0 spiro atoms. The van der Waals surface area contributed by atoms with Crippen molar-refractivity contribution < 1.29 is 0 Å². The van der Waals surface area contributed by atoms with Gasteiger partial charge in [0, 0.05) is 8.95 Å². The summed E-state index contributed by atoms with van der Waals surface area (Å²) in [6, 6.07) is 12.2. The van der Waals surface area contributed by atoms with Gasteiger partial charge in [-0.25, -0.2) is 0 Å². The highest BCUT2D eigenvalue weighted by Gasteiger charge is 2.13. The number of hydrogen-bond donors (Lipinski definition) is 1. The molecule has 0 saturated heterocycles. The summed E-state index contributed by atoms with van der Waals surface area (Å²) in [6.07, 6.45) is 0. The van der Waals surface area contributed by atoms with E-state index in [4.69, 9.17) is 12.2 Å². The second-order valence-electron chi connectivity index (χ2n) is 4.31. The highest BCUT2D eigenvalue weighted by Crippen LogP contribution is 2.32. The minimum Gasteiger partial charge on any atom is -0.330 e. The van der Waals surface area contributed by atoms with Crippen LogP contribution in [0.3, 0.4) is 0 Å². The van der Waals surface area contributed by atoms with E-state index in [1.54, 1.807) is 0 Å². The molecule has 0 fully saturated rings. The molecule has 5 heteroatoms. The molecule has 0 bridgehead atoms. The molecule has 0 unspecified atom stereocenters. The standard InChI is InChI=1S/C14H10Br2N2S/c1-8-4-2-7-11-12(8)18(14(19)17-11)13-9(15)5-3-6-10(13)16/h2-7H,1H3,(H,17,19). The van der Waals surface area contributed by atoms with Crippen LogP contribution in [0.5, 0.6) is 0 Å². The van der Waals surface area contributed by atoms with Crippen LogP contribution >= 0.6 is 44.1 Å². The Kier molecular flexibility index (Phi) is 3.37. The minimum atomic E-state index is 0.692. The molecule has 1 N–H and O–H groups in total. The maximum atomic E-state index is 5.48. The number of imidazole rings is 1. The van der Waals surface area contributed by atoms with E-state index in [0.29, 0.717) is 4.77 Å². The monoisotopic (exact) mass is 396 g/mol. The molecule has 3 rings (SSSR count). The van der Waals surface area contributed by atoms with Gasteiger partial charge in [-0.1, -0.05) is 18.2 Å². The van der Waals surface area contributed by atoms with Crippen LogP contribution in [0, 0.1) is 11.7 Å². The normalized spacial score (nSPS) is 11.1. The van der Waals surface area contributed by atoms with Gasteiger partial charge in [0.05, 0.1) is 16.7 Å². The van der Waals surface area contributed by atoms with Crippen LogP contribution in [-0.4, -0.2) is 9.55 Å². The molecule has 0 aliphatic heterocycles. The Bertz CT molecular complexity index is 813. The van der Waals surface area contributed by atoms with Gasteiger partial charge in [-0.15, -0.1) is 0 Å². The molecule has 0 aliphatic carbocycles. The lowest BCUT2D eigenvalue weighted by atomic mass is 10.2. The highest BCUT2D eigenvalue weighted by molar-refractivity contribution is 9.11. The number of nitrogens with one attached hydrogen (secondary N) is 1. The van der Waals surface area contributed by atoms with Crippen LogP contribution in [0.15, 0.2) is 45.3 Å². The predicted octanol–water partition coefficient (Wildman–Crippen LogP) is 5.52. The van der Waals surface area contributed by atoms with Gasteiger partial charge < -0.3 is 4.98 Å². The molecule has 0 aliphatic rings. The highest BCUT2D eigenvalue weighted by atomic mass is 79.9. The van der Waals surface area contributed by atoms with Gasteiger partial charge in [0.15, 0.2) is 4.77 Å². The van der Waals surface area contributed by atoms with Gasteiger partial charge in [-0.05, 0) is 74.8 Å². The summed E-state index contributed by atoms with van der Waals surface area (Å²) >= 11 is 12.7. The molecule has 19 heavy (non-hydrogen) atoms. The molecule has 2 aromatic carbocycles. The van der Waals surface area contributed by atoms with Crippen molar-refractivity contribution in [3.63, 3.8) is 0 Å². The third kappa shape index (κ3) is 2.10. The van der Waals surface area contributed by atoms with Crippen LogP contribution in [0.1, 0.15) is 5.56 Å². The summed E-state index contributed by atoms with van der Waals surface area (Å²) in [5.74, 6) is 0. The number of aromatic amines is 1. The maximum Gasteiger partial charge on any atom is 0.182 e. The first-order chi connectivity index (χ1) is 9.09. The molecular formula is C14H10Br2N2S. The van der Waals surface area contributed by atoms with E-state index in [1.807, 2.05) is 30.3 Å². The summed E-state index contributed by atoms with van der Waals surface area (Å²) in [5.41, 5.74) is 4.37. The lowest BCUT2D eigenvalue weighted by Gasteiger charge is -2.11. The number of H-pyrrole nitrogens is 1. The second-order valence-corrected chi connectivity index (χ2v) is 6.40. The van der Waals surface area contributed by atoms with Crippen LogP contribution in [-0.2, 0) is 0 Å². The number of aromatic nitrogens is 2. The molecular weight excluding hydrogens is 388 g/mol. The fourth-order valence-corrected chi connectivity index (χ4v) is 3.89. The van der Waals surface area contributed by atoms with Crippen molar-refractivity contribution in [3.8, 4) is 5.69 Å². The number of fused-ring (bicyclic) bond motifs is 1. The van der Waals surface area contributed by atoms with Gasteiger partial charge in [0.25, 0.3) is 0 Å². The van der Waals surface area contributed by atoms with Gasteiger partial charge in [0.1, 0.15) is 0 Å². The average molecular weight is 398 g/mol. The Morgan fingerprint density at radius 2 is 1.68 bits per heavy atom. The van der Waals surface area contributed by atoms with E-state index >= 15 is 0 Å². The summed E-state index contributed by atoms with van der Waals surface area (Å²) in [7, 11) is 0. The van der Waals surface area contributed by atoms with E-state index in [9.17, 15) is 0 Å². The smallest absolute Gasteiger partial charge is 0.182 e. The Morgan fingerprint density at radius 1 is 1.05 bits per heavy atom. The quantitative estimate of drug-likeness (QED) is 0.536. The van der Waals surface area contributed by atoms with Crippen LogP contribution in [0.2, 0.25) is 0 Å². The molecule has 1 aromatic heterocycles. The van der Waals surface area contributed by atoms with Crippen molar-refractivity contribution >= 4 is 55.1 Å². The van der Waals surface area contributed by atoms with Crippen molar-refractivity contribution in [1.82, 2.24) is 9.55 Å².